The quantitative estimate of drug-likeness (QED) is 0.665. The molecule has 0 unspecified atom stereocenters. The summed E-state index contributed by atoms with van der Waals surface area (Å²) in [7, 11) is 1.61. The highest BCUT2D eigenvalue weighted by atomic mass is 35.5. The highest BCUT2D eigenvalue weighted by molar-refractivity contribution is 6.33. The fourth-order valence-electron chi connectivity index (χ4n) is 2.81. The number of nitrogens with zero attached hydrogens (tertiary/aromatic N) is 2. The Hall–Kier alpha value is -3.12. The number of benzene rings is 2. The van der Waals surface area contributed by atoms with E-state index in [0.717, 1.165) is 16.0 Å². The molecule has 0 radical (unpaired) electrons. The Bertz CT molecular complexity index is 1030. The fraction of sp³-hybridized carbons (Fsp3) is 0.190. The van der Waals surface area contributed by atoms with Crippen molar-refractivity contribution in [1.82, 2.24) is 15.1 Å². The van der Waals surface area contributed by atoms with E-state index in [1.807, 2.05) is 42.5 Å². The van der Waals surface area contributed by atoms with Crippen LogP contribution >= 0.6 is 11.6 Å². The van der Waals surface area contributed by atoms with Gasteiger partial charge in [-0.3, -0.25) is 9.59 Å². The number of nitrogens with one attached hydrogen (secondary N) is 1. The Kier molecular flexibility index (Phi) is 6.45. The molecule has 0 aliphatic heterocycles. The summed E-state index contributed by atoms with van der Waals surface area (Å²) in [5.41, 5.74) is 1.89. The van der Waals surface area contributed by atoms with Crippen LogP contribution in [0.3, 0.4) is 0 Å². The summed E-state index contributed by atoms with van der Waals surface area (Å²) in [6, 6.07) is 17.8. The van der Waals surface area contributed by atoms with Crippen LogP contribution in [-0.2, 0) is 17.8 Å². The Morgan fingerprint density at radius 2 is 1.86 bits per heavy atom. The lowest BCUT2D eigenvalue weighted by Gasteiger charge is -2.10. The van der Waals surface area contributed by atoms with Crippen molar-refractivity contribution in [3.63, 3.8) is 0 Å². The second kappa shape index (κ2) is 9.19. The minimum Gasteiger partial charge on any atom is -0.496 e. The predicted octanol–water partition coefficient (Wildman–Crippen LogP) is 2.93. The monoisotopic (exact) mass is 397 g/mol. The van der Waals surface area contributed by atoms with Crippen LogP contribution in [0.1, 0.15) is 5.56 Å². The van der Waals surface area contributed by atoms with Crippen LogP contribution in [-0.4, -0.2) is 29.3 Å². The van der Waals surface area contributed by atoms with Gasteiger partial charge in [0.2, 0.25) is 5.91 Å². The smallest absolute Gasteiger partial charge is 0.267 e. The van der Waals surface area contributed by atoms with Gasteiger partial charge < -0.3 is 10.1 Å². The Morgan fingerprint density at radius 3 is 2.64 bits per heavy atom. The molecule has 0 spiro atoms. The molecular formula is C21H20ClN3O3. The molecule has 6 nitrogen and oxygen atoms in total. The van der Waals surface area contributed by atoms with E-state index in [9.17, 15) is 9.59 Å². The maximum atomic E-state index is 12.3. The highest BCUT2D eigenvalue weighted by Crippen LogP contribution is 2.24. The van der Waals surface area contributed by atoms with E-state index in [1.54, 1.807) is 19.2 Å². The molecule has 3 aromatic rings. The molecule has 28 heavy (non-hydrogen) atoms. The van der Waals surface area contributed by atoms with Gasteiger partial charge in [-0.15, -0.1) is 0 Å². The molecule has 0 aliphatic rings. The third-order valence-electron chi connectivity index (χ3n) is 4.22. The van der Waals surface area contributed by atoms with Gasteiger partial charge in [0.15, 0.2) is 0 Å². The van der Waals surface area contributed by atoms with Crippen LogP contribution in [0.25, 0.3) is 11.3 Å². The number of hydrogen-bond donors (Lipinski definition) is 1. The van der Waals surface area contributed by atoms with Gasteiger partial charge in [-0.05, 0) is 30.2 Å². The summed E-state index contributed by atoms with van der Waals surface area (Å²) < 4.78 is 6.44. The molecule has 1 heterocycles. The number of amides is 1. The molecule has 0 saturated carbocycles. The minimum absolute atomic E-state index is 0.164. The summed E-state index contributed by atoms with van der Waals surface area (Å²) in [6.07, 6.45) is 0.623. The van der Waals surface area contributed by atoms with Crippen LogP contribution in [0.15, 0.2) is 65.5 Å². The van der Waals surface area contributed by atoms with Crippen molar-refractivity contribution >= 4 is 17.5 Å². The van der Waals surface area contributed by atoms with Crippen molar-refractivity contribution in [3.05, 3.63) is 81.6 Å². The van der Waals surface area contributed by atoms with E-state index in [2.05, 4.69) is 10.4 Å². The molecule has 7 heteroatoms. The summed E-state index contributed by atoms with van der Waals surface area (Å²) >= 11 is 6.19. The van der Waals surface area contributed by atoms with Gasteiger partial charge in [-0.1, -0.05) is 48.0 Å². The molecule has 0 fully saturated rings. The Morgan fingerprint density at radius 1 is 1.11 bits per heavy atom. The topological polar surface area (TPSA) is 73.2 Å². The molecule has 3 rings (SSSR count). The summed E-state index contributed by atoms with van der Waals surface area (Å²) in [5.74, 6) is 0.489. The van der Waals surface area contributed by atoms with Crippen LogP contribution in [0.2, 0.25) is 5.02 Å². The fourth-order valence-corrected chi connectivity index (χ4v) is 3.05. The second-order valence-electron chi connectivity index (χ2n) is 6.11. The average molecular weight is 398 g/mol. The van der Waals surface area contributed by atoms with E-state index >= 15 is 0 Å². The Labute approximate surface area is 167 Å². The number of carbonyl (C=O) groups is 1. The number of hydrogen-bond acceptors (Lipinski definition) is 4. The predicted molar refractivity (Wildman–Crippen MR) is 109 cm³/mol. The summed E-state index contributed by atoms with van der Waals surface area (Å²) in [4.78, 5) is 24.3. The number of halogens is 1. The van der Waals surface area contributed by atoms with E-state index < -0.39 is 0 Å². The van der Waals surface area contributed by atoms with Crippen LogP contribution in [0.5, 0.6) is 5.75 Å². The number of rotatable bonds is 7. The van der Waals surface area contributed by atoms with Gasteiger partial charge in [0.25, 0.3) is 5.56 Å². The Balaban J connectivity index is 1.65. The van der Waals surface area contributed by atoms with Gasteiger partial charge in [-0.25, -0.2) is 4.68 Å². The summed E-state index contributed by atoms with van der Waals surface area (Å²) in [5, 5.41) is 7.61. The number of carbonyl (C=O) groups excluding carboxylic acids is 1. The van der Waals surface area contributed by atoms with Gasteiger partial charge in [0.1, 0.15) is 12.3 Å². The number of aromatic nitrogens is 2. The largest absolute Gasteiger partial charge is 0.496 e. The van der Waals surface area contributed by atoms with Crippen molar-refractivity contribution in [2.75, 3.05) is 13.7 Å². The van der Waals surface area contributed by atoms with Crippen molar-refractivity contribution in [2.45, 2.75) is 13.0 Å². The molecule has 1 amide bonds. The van der Waals surface area contributed by atoms with E-state index in [4.69, 9.17) is 16.3 Å². The van der Waals surface area contributed by atoms with E-state index in [-0.39, 0.29) is 18.0 Å². The van der Waals surface area contributed by atoms with Crippen LogP contribution < -0.4 is 15.6 Å². The van der Waals surface area contributed by atoms with Gasteiger partial charge in [-0.2, -0.15) is 5.10 Å². The maximum absolute atomic E-state index is 12.3. The van der Waals surface area contributed by atoms with Crippen molar-refractivity contribution in [3.8, 4) is 17.0 Å². The van der Waals surface area contributed by atoms with Gasteiger partial charge >= 0.3 is 0 Å². The van der Waals surface area contributed by atoms with Crippen LogP contribution in [0, 0.1) is 0 Å². The maximum Gasteiger partial charge on any atom is 0.267 e. The molecular weight excluding hydrogens is 378 g/mol. The van der Waals surface area contributed by atoms with Crippen molar-refractivity contribution in [2.24, 2.45) is 0 Å². The second-order valence-corrected chi connectivity index (χ2v) is 6.51. The first-order valence-electron chi connectivity index (χ1n) is 8.80. The molecule has 1 aromatic heterocycles. The first-order chi connectivity index (χ1) is 13.6. The SMILES string of the molecule is COc1ccccc1CCNC(=O)Cn1nc(-c2ccccc2Cl)ccc1=O. The van der Waals surface area contributed by atoms with Gasteiger partial charge in [0.05, 0.1) is 17.8 Å². The van der Waals surface area contributed by atoms with Crippen molar-refractivity contribution < 1.29 is 9.53 Å². The number of ether oxygens (including phenoxy) is 1. The first kappa shape index (κ1) is 19.6. The lowest BCUT2D eigenvalue weighted by Crippen LogP contribution is -2.34. The summed E-state index contributed by atoms with van der Waals surface area (Å²) in [6.45, 7) is 0.265. The number of para-hydroxylation sites is 1. The third kappa shape index (κ3) is 4.78. The molecule has 144 valence electrons. The van der Waals surface area contributed by atoms with E-state index in [0.29, 0.717) is 29.2 Å². The third-order valence-corrected chi connectivity index (χ3v) is 4.55. The highest BCUT2D eigenvalue weighted by Gasteiger charge is 2.10. The minimum atomic E-state index is -0.351. The molecule has 0 saturated heterocycles. The van der Waals surface area contributed by atoms with Crippen molar-refractivity contribution in [1.29, 1.82) is 0 Å². The standard InChI is InChI=1S/C21H20ClN3O3/c1-28-19-9-5-2-6-15(19)12-13-23-20(26)14-25-21(27)11-10-18(24-25)16-7-3-4-8-17(16)22/h2-11H,12-14H2,1H3,(H,23,26). The molecule has 0 aliphatic carbocycles. The zero-order valence-corrected chi connectivity index (χ0v) is 16.1. The van der Waals surface area contributed by atoms with E-state index in [1.165, 1.54) is 6.07 Å². The zero-order chi connectivity index (χ0) is 19.9. The average Bonchev–Trinajstić information content (AvgIpc) is 2.70. The van der Waals surface area contributed by atoms with Crippen LogP contribution in [0.4, 0.5) is 0 Å². The molecule has 0 atom stereocenters. The number of methoxy groups -OCH3 is 1. The normalized spacial score (nSPS) is 10.5. The molecule has 0 bridgehead atoms. The van der Waals surface area contributed by atoms with Gasteiger partial charge in [0, 0.05) is 18.2 Å². The molecule has 1 N–H and O–H groups in total. The lowest BCUT2D eigenvalue weighted by molar-refractivity contribution is -0.121. The first-order valence-corrected chi connectivity index (χ1v) is 9.18. The molecule has 2 aromatic carbocycles. The lowest BCUT2D eigenvalue weighted by atomic mass is 10.1. The zero-order valence-electron chi connectivity index (χ0n) is 15.4.